The first kappa shape index (κ1) is 28.4. The molecule has 0 aliphatic carbocycles. The minimum Gasteiger partial charge on any atom is -0.490 e. The lowest BCUT2D eigenvalue weighted by atomic mass is 10.1. The highest BCUT2D eigenvalue weighted by Gasteiger charge is 2.19. The first-order chi connectivity index (χ1) is 18.1. The van der Waals surface area contributed by atoms with Gasteiger partial charge in [0.2, 0.25) is 0 Å². The summed E-state index contributed by atoms with van der Waals surface area (Å²) in [5.41, 5.74) is 2.07. The second-order valence-corrected chi connectivity index (χ2v) is 9.68. The van der Waals surface area contributed by atoms with E-state index in [4.69, 9.17) is 31.1 Å². The van der Waals surface area contributed by atoms with E-state index >= 15 is 0 Å². The predicted octanol–water partition coefficient (Wildman–Crippen LogP) is 6.20. The van der Waals surface area contributed by atoms with Crippen LogP contribution in [0.15, 0.2) is 60.7 Å². The molecule has 2 N–H and O–H groups in total. The number of carbonyl (C=O) groups is 2. The van der Waals surface area contributed by atoms with Crippen LogP contribution < -0.4 is 20.1 Å². The van der Waals surface area contributed by atoms with Crippen molar-refractivity contribution in [2.24, 2.45) is 0 Å². The fraction of sp³-hybridized carbons (Fsp3) is 0.276. The Morgan fingerprint density at radius 2 is 1.74 bits per heavy atom. The molecule has 0 aromatic heterocycles. The average Bonchev–Trinajstić information content (AvgIpc) is 2.87. The van der Waals surface area contributed by atoms with Crippen molar-refractivity contribution in [3.8, 4) is 17.6 Å². The molecule has 0 heterocycles. The van der Waals surface area contributed by atoms with E-state index < -0.39 is 11.6 Å². The SMILES string of the molecule is CCOc1cccc(CNc2ccc(Cl)cc2NC(=O)c2ccc(C#N)cc2)c1OCC(=O)OC(C)(C)C. The lowest BCUT2D eigenvalue weighted by molar-refractivity contribution is -0.157. The molecule has 8 nitrogen and oxygen atoms in total. The summed E-state index contributed by atoms with van der Waals surface area (Å²) in [4.78, 5) is 25.1. The van der Waals surface area contributed by atoms with Gasteiger partial charge in [-0.05, 0) is 76.2 Å². The van der Waals surface area contributed by atoms with Gasteiger partial charge < -0.3 is 24.8 Å². The molecule has 3 aromatic carbocycles. The molecule has 198 valence electrons. The molecule has 3 rings (SSSR count). The van der Waals surface area contributed by atoms with Crippen LogP contribution >= 0.6 is 11.6 Å². The van der Waals surface area contributed by atoms with Gasteiger partial charge in [-0.2, -0.15) is 5.26 Å². The summed E-state index contributed by atoms with van der Waals surface area (Å²) in [6, 6.07) is 18.9. The van der Waals surface area contributed by atoms with Gasteiger partial charge in [0, 0.05) is 22.7 Å². The van der Waals surface area contributed by atoms with Gasteiger partial charge in [0.15, 0.2) is 18.1 Å². The number of hydrogen-bond donors (Lipinski definition) is 2. The molecule has 38 heavy (non-hydrogen) atoms. The van der Waals surface area contributed by atoms with Crippen LogP contribution in [-0.2, 0) is 16.1 Å². The maximum absolute atomic E-state index is 12.8. The third-order valence-corrected chi connectivity index (χ3v) is 5.33. The van der Waals surface area contributed by atoms with Crippen LogP contribution in [0.3, 0.4) is 0 Å². The highest BCUT2D eigenvalue weighted by Crippen LogP contribution is 2.33. The van der Waals surface area contributed by atoms with E-state index in [1.807, 2.05) is 25.1 Å². The Labute approximate surface area is 227 Å². The van der Waals surface area contributed by atoms with Gasteiger partial charge in [-0.1, -0.05) is 23.7 Å². The number of rotatable bonds is 10. The summed E-state index contributed by atoms with van der Waals surface area (Å²) in [5.74, 6) is 0.0818. The minimum absolute atomic E-state index is 0.277. The Kier molecular flexibility index (Phi) is 9.58. The number of amides is 1. The number of nitriles is 1. The monoisotopic (exact) mass is 535 g/mol. The molecule has 0 atom stereocenters. The number of carbonyl (C=O) groups excluding carboxylic acids is 2. The van der Waals surface area contributed by atoms with Crippen LogP contribution in [-0.4, -0.2) is 30.7 Å². The molecule has 1 amide bonds. The van der Waals surface area contributed by atoms with Gasteiger partial charge in [-0.25, -0.2) is 4.79 Å². The molecule has 0 radical (unpaired) electrons. The fourth-order valence-corrected chi connectivity index (χ4v) is 3.66. The zero-order valence-electron chi connectivity index (χ0n) is 21.8. The highest BCUT2D eigenvalue weighted by molar-refractivity contribution is 6.31. The molecule has 9 heteroatoms. The van der Waals surface area contributed by atoms with Gasteiger partial charge >= 0.3 is 5.97 Å². The van der Waals surface area contributed by atoms with E-state index in [9.17, 15) is 9.59 Å². The lowest BCUT2D eigenvalue weighted by Crippen LogP contribution is -2.27. The Morgan fingerprint density at radius 1 is 1.00 bits per heavy atom. The first-order valence-electron chi connectivity index (χ1n) is 12.0. The van der Waals surface area contributed by atoms with Gasteiger partial charge in [0.25, 0.3) is 5.91 Å². The van der Waals surface area contributed by atoms with E-state index in [1.54, 1.807) is 69.3 Å². The summed E-state index contributed by atoms with van der Waals surface area (Å²) < 4.78 is 16.9. The first-order valence-corrected chi connectivity index (χ1v) is 12.4. The van der Waals surface area contributed by atoms with Crippen LogP contribution in [0.2, 0.25) is 5.02 Å². The Balaban J connectivity index is 1.79. The second-order valence-electron chi connectivity index (χ2n) is 9.24. The molecule has 0 unspecified atom stereocenters. The molecule has 0 aliphatic rings. The Morgan fingerprint density at radius 3 is 2.39 bits per heavy atom. The standard InChI is InChI=1S/C29H30ClN3O5/c1-5-36-25-8-6-7-21(27(25)37-18-26(34)38-29(2,3)4)17-32-23-14-13-22(30)15-24(23)33-28(35)20-11-9-19(16-31)10-12-20/h6-15,32H,5,17-18H2,1-4H3,(H,33,35). The molecular formula is C29H30ClN3O5. The van der Waals surface area contributed by atoms with E-state index in [0.29, 0.717) is 52.2 Å². The predicted molar refractivity (Wildman–Crippen MR) is 147 cm³/mol. The van der Waals surface area contributed by atoms with Crippen molar-refractivity contribution in [1.29, 1.82) is 5.26 Å². The number of halogens is 1. The van der Waals surface area contributed by atoms with Crippen LogP contribution in [0.1, 0.15) is 49.2 Å². The van der Waals surface area contributed by atoms with Gasteiger partial charge in [0.05, 0.1) is 29.6 Å². The summed E-state index contributed by atoms with van der Waals surface area (Å²) in [6.45, 7) is 7.67. The van der Waals surface area contributed by atoms with Gasteiger partial charge in [-0.3, -0.25) is 4.79 Å². The minimum atomic E-state index is -0.628. The van der Waals surface area contributed by atoms with Crippen molar-refractivity contribution in [2.75, 3.05) is 23.8 Å². The number of benzene rings is 3. The van der Waals surface area contributed by atoms with E-state index in [2.05, 4.69) is 10.6 Å². The number of nitrogens with one attached hydrogen (secondary N) is 2. The van der Waals surface area contributed by atoms with E-state index in [1.165, 1.54) is 0 Å². The van der Waals surface area contributed by atoms with Crippen LogP contribution in [0, 0.1) is 11.3 Å². The zero-order valence-corrected chi connectivity index (χ0v) is 22.5. The highest BCUT2D eigenvalue weighted by atomic mass is 35.5. The van der Waals surface area contributed by atoms with Crippen molar-refractivity contribution >= 4 is 34.9 Å². The number of nitrogens with zero attached hydrogens (tertiary/aromatic N) is 1. The van der Waals surface area contributed by atoms with E-state index in [-0.39, 0.29) is 12.5 Å². The Bertz CT molecular complexity index is 1330. The van der Waals surface area contributed by atoms with Crippen molar-refractivity contribution in [1.82, 2.24) is 0 Å². The van der Waals surface area contributed by atoms with Crippen LogP contribution in [0.25, 0.3) is 0 Å². The third-order valence-electron chi connectivity index (χ3n) is 5.09. The average molecular weight is 536 g/mol. The summed E-state index contributed by atoms with van der Waals surface area (Å²) in [7, 11) is 0. The lowest BCUT2D eigenvalue weighted by Gasteiger charge is -2.21. The normalized spacial score (nSPS) is 10.7. The second kappa shape index (κ2) is 12.8. The molecule has 3 aromatic rings. The van der Waals surface area contributed by atoms with Crippen LogP contribution in [0.5, 0.6) is 11.5 Å². The molecule has 0 aliphatic heterocycles. The quantitative estimate of drug-likeness (QED) is 0.297. The van der Waals surface area contributed by atoms with Gasteiger partial charge in [0.1, 0.15) is 5.60 Å². The molecule has 0 spiro atoms. The topological polar surface area (TPSA) is 110 Å². The maximum atomic E-state index is 12.8. The number of ether oxygens (including phenoxy) is 3. The molecule has 0 saturated heterocycles. The van der Waals surface area contributed by atoms with Gasteiger partial charge in [-0.15, -0.1) is 0 Å². The molecule has 0 bridgehead atoms. The largest absolute Gasteiger partial charge is 0.490 e. The number of para-hydroxylation sites is 1. The zero-order chi connectivity index (χ0) is 27.7. The Hall–Kier alpha value is -4.22. The summed E-state index contributed by atoms with van der Waals surface area (Å²) in [5, 5.41) is 15.6. The number of hydrogen-bond acceptors (Lipinski definition) is 7. The maximum Gasteiger partial charge on any atom is 0.344 e. The summed E-state index contributed by atoms with van der Waals surface area (Å²) >= 11 is 6.20. The molecular weight excluding hydrogens is 506 g/mol. The molecule has 0 fully saturated rings. The van der Waals surface area contributed by atoms with Crippen molar-refractivity contribution in [3.05, 3.63) is 82.4 Å². The third kappa shape index (κ3) is 8.15. The number of esters is 1. The van der Waals surface area contributed by atoms with Crippen molar-refractivity contribution in [3.63, 3.8) is 0 Å². The van der Waals surface area contributed by atoms with Crippen LogP contribution in [0.4, 0.5) is 11.4 Å². The van der Waals surface area contributed by atoms with E-state index in [0.717, 1.165) is 5.56 Å². The molecule has 0 saturated carbocycles. The summed E-state index contributed by atoms with van der Waals surface area (Å²) in [6.07, 6.45) is 0. The van der Waals surface area contributed by atoms with Crippen molar-refractivity contribution in [2.45, 2.75) is 39.8 Å². The van der Waals surface area contributed by atoms with Crippen molar-refractivity contribution < 1.29 is 23.8 Å². The smallest absolute Gasteiger partial charge is 0.344 e. The number of anilines is 2. The fourth-order valence-electron chi connectivity index (χ4n) is 3.49.